The third-order valence-corrected chi connectivity index (χ3v) is 5.35. The standard InChI is InChI=1S/C16H28F3N/c1-11(2)12-7-9-13(10-8-12)20-15-6-4-3-5-14(15)16(17,18)19/h11-15,20H,3-10H2,1-2H3. The van der Waals surface area contributed by atoms with E-state index in [1.165, 1.54) is 12.8 Å². The average Bonchev–Trinajstić information content (AvgIpc) is 2.38. The molecule has 0 aliphatic heterocycles. The Hall–Kier alpha value is -0.250. The summed E-state index contributed by atoms with van der Waals surface area (Å²) >= 11 is 0. The summed E-state index contributed by atoms with van der Waals surface area (Å²) in [7, 11) is 0. The van der Waals surface area contributed by atoms with Crippen molar-refractivity contribution in [1.82, 2.24) is 5.32 Å². The van der Waals surface area contributed by atoms with Crippen LogP contribution in [0.15, 0.2) is 0 Å². The first kappa shape index (κ1) is 16.1. The maximum atomic E-state index is 13.1. The minimum Gasteiger partial charge on any atom is -0.311 e. The van der Waals surface area contributed by atoms with Crippen molar-refractivity contribution in [2.75, 3.05) is 0 Å². The molecule has 1 N–H and O–H groups in total. The number of hydrogen-bond donors (Lipinski definition) is 1. The van der Waals surface area contributed by atoms with Crippen LogP contribution in [-0.2, 0) is 0 Å². The molecule has 0 saturated heterocycles. The molecule has 0 aromatic rings. The van der Waals surface area contributed by atoms with Crippen molar-refractivity contribution in [3.63, 3.8) is 0 Å². The zero-order valence-electron chi connectivity index (χ0n) is 12.7. The van der Waals surface area contributed by atoms with Crippen molar-refractivity contribution in [2.24, 2.45) is 17.8 Å². The molecule has 0 spiro atoms. The van der Waals surface area contributed by atoms with Crippen LogP contribution in [0.3, 0.4) is 0 Å². The summed E-state index contributed by atoms with van der Waals surface area (Å²) < 4.78 is 39.2. The van der Waals surface area contributed by atoms with E-state index in [9.17, 15) is 13.2 Å². The first-order valence-electron chi connectivity index (χ1n) is 8.20. The highest BCUT2D eigenvalue weighted by Gasteiger charge is 2.45. The monoisotopic (exact) mass is 291 g/mol. The average molecular weight is 291 g/mol. The van der Waals surface area contributed by atoms with E-state index in [0.717, 1.165) is 31.6 Å². The van der Waals surface area contributed by atoms with Crippen molar-refractivity contribution in [3.05, 3.63) is 0 Å². The summed E-state index contributed by atoms with van der Waals surface area (Å²) in [6.45, 7) is 4.50. The van der Waals surface area contributed by atoms with Crippen LogP contribution in [0.25, 0.3) is 0 Å². The molecule has 2 atom stereocenters. The molecule has 2 aliphatic carbocycles. The lowest BCUT2D eigenvalue weighted by Crippen LogP contribution is -2.50. The number of halogens is 3. The summed E-state index contributed by atoms with van der Waals surface area (Å²) in [5, 5.41) is 3.35. The normalized spacial score (nSPS) is 36.3. The lowest BCUT2D eigenvalue weighted by molar-refractivity contribution is -0.189. The summed E-state index contributed by atoms with van der Waals surface area (Å²) in [6, 6.07) is -0.0395. The van der Waals surface area contributed by atoms with Gasteiger partial charge in [0, 0.05) is 12.1 Å². The quantitative estimate of drug-likeness (QED) is 0.779. The van der Waals surface area contributed by atoms with Gasteiger partial charge in [-0.05, 0) is 50.4 Å². The van der Waals surface area contributed by atoms with Gasteiger partial charge >= 0.3 is 6.18 Å². The molecule has 0 amide bonds. The van der Waals surface area contributed by atoms with E-state index in [-0.39, 0.29) is 6.04 Å². The molecule has 0 radical (unpaired) electrons. The second-order valence-electron chi connectivity index (χ2n) is 7.06. The van der Waals surface area contributed by atoms with E-state index < -0.39 is 12.1 Å². The summed E-state index contributed by atoms with van der Waals surface area (Å²) in [6.07, 6.45) is 3.05. The molecule has 2 unspecified atom stereocenters. The number of rotatable bonds is 3. The lowest BCUT2D eigenvalue weighted by atomic mass is 9.78. The number of hydrogen-bond acceptors (Lipinski definition) is 1. The van der Waals surface area contributed by atoms with Gasteiger partial charge in [-0.1, -0.05) is 26.7 Å². The molecule has 1 nitrogen and oxygen atoms in total. The third kappa shape index (κ3) is 4.12. The van der Waals surface area contributed by atoms with Crippen LogP contribution >= 0.6 is 0 Å². The Bertz CT molecular complexity index is 293. The Labute approximate surface area is 120 Å². The van der Waals surface area contributed by atoms with Crippen molar-refractivity contribution in [3.8, 4) is 0 Å². The predicted molar refractivity (Wildman–Crippen MR) is 75.5 cm³/mol. The highest BCUT2D eigenvalue weighted by molar-refractivity contribution is 4.89. The summed E-state index contributed by atoms with van der Waals surface area (Å²) in [5.74, 6) is 0.338. The van der Waals surface area contributed by atoms with Gasteiger partial charge in [-0.2, -0.15) is 13.2 Å². The number of alkyl halides is 3. The molecule has 4 heteroatoms. The second-order valence-corrected chi connectivity index (χ2v) is 7.06. The van der Waals surface area contributed by atoms with Gasteiger partial charge in [-0.15, -0.1) is 0 Å². The molecule has 20 heavy (non-hydrogen) atoms. The second kappa shape index (κ2) is 6.67. The molecule has 0 aromatic heterocycles. The zero-order valence-corrected chi connectivity index (χ0v) is 12.7. The van der Waals surface area contributed by atoms with Crippen molar-refractivity contribution in [1.29, 1.82) is 0 Å². The van der Waals surface area contributed by atoms with Crippen LogP contribution < -0.4 is 5.32 Å². The van der Waals surface area contributed by atoms with E-state index >= 15 is 0 Å². The van der Waals surface area contributed by atoms with Crippen molar-refractivity contribution >= 4 is 0 Å². The lowest BCUT2D eigenvalue weighted by Gasteiger charge is -2.39. The maximum absolute atomic E-state index is 13.1. The molecule has 2 fully saturated rings. The van der Waals surface area contributed by atoms with Gasteiger partial charge in [0.25, 0.3) is 0 Å². The maximum Gasteiger partial charge on any atom is 0.393 e. The molecular weight excluding hydrogens is 263 g/mol. The molecule has 2 rings (SSSR count). The van der Waals surface area contributed by atoms with E-state index in [0.29, 0.717) is 24.8 Å². The molecule has 2 aliphatic rings. The third-order valence-electron chi connectivity index (χ3n) is 5.35. The van der Waals surface area contributed by atoms with E-state index in [1.54, 1.807) is 0 Å². The fraction of sp³-hybridized carbons (Fsp3) is 1.00. The highest BCUT2D eigenvalue weighted by Crippen LogP contribution is 2.39. The Balaban J connectivity index is 1.86. The topological polar surface area (TPSA) is 12.0 Å². The van der Waals surface area contributed by atoms with Gasteiger partial charge in [0.1, 0.15) is 0 Å². The first-order chi connectivity index (χ1) is 9.38. The smallest absolute Gasteiger partial charge is 0.311 e. The van der Waals surface area contributed by atoms with Gasteiger partial charge < -0.3 is 5.32 Å². The van der Waals surface area contributed by atoms with Gasteiger partial charge in [0.05, 0.1) is 5.92 Å². The van der Waals surface area contributed by atoms with Crippen molar-refractivity contribution < 1.29 is 13.2 Å². The molecular formula is C16H28F3N. The van der Waals surface area contributed by atoms with Crippen LogP contribution in [-0.4, -0.2) is 18.3 Å². The molecule has 0 bridgehead atoms. The van der Waals surface area contributed by atoms with Gasteiger partial charge in [-0.25, -0.2) is 0 Å². The van der Waals surface area contributed by atoms with Crippen LogP contribution in [0.1, 0.15) is 65.2 Å². The van der Waals surface area contributed by atoms with E-state index in [4.69, 9.17) is 0 Å². The fourth-order valence-corrected chi connectivity index (χ4v) is 3.98. The minimum absolute atomic E-state index is 0.304. The van der Waals surface area contributed by atoms with Gasteiger partial charge in [-0.3, -0.25) is 0 Å². The Morgan fingerprint density at radius 2 is 1.50 bits per heavy atom. The SMILES string of the molecule is CC(C)C1CCC(NC2CCCCC2C(F)(F)F)CC1. The van der Waals surface area contributed by atoms with Crippen molar-refractivity contribution in [2.45, 2.75) is 83.5 Å². The largest absolute Gasteiger partial charge is 0.393 e. The number of nitrogens with one attached hydrogen (secondary N) is 1. The van der Waals surface area contributed by atoms with Gasteiger partial charge in [0.15, 0.2) is 0 Å². The summed E-state index contributed by atoms with van der Waals surface area (Å²) in [5.41, 5.74) is 0. The van der Waals surface area contributed by atoms with Gasteiger partial charge in [0.2, 0.25) is 0 Å². The fourth-order valence-electron chi connectivity index (χ4n) is 3.98. The minimum atomic E-state index is -4.03. The molecule has 0 heterocycles. The van der Waals surface area contributed by atoms with Crippen LogP contribution in [0.2, 0.25) is 0 Å². The first-order valence-corrected chi connectivity index (χ1v) is 8.20. The van der Waals surface area contributed by atoms with Crippen LogP contribution in [0.5, 0.6) is 0 Å². The molecule has 0 aromatic carbocycles. The summed E-state index contributed by atoms with van der Waals surface area (Å²) in [4.78, 5) is 0. The molecule has 118 valence electrons. The van der Waals surface area contributed by atoms with E-state index in [1.807, 2.05) is 0 Å². The molecule has 2 saturated carbocycles. The van der Waals surface area contributed by atoms with E-state index in [2.05, 4.69) is 19.2 Å². The van der Waals surface area contributed by atoms with Crippen LogP contribution in [0.4, 0.5) is 13.2 Å². The Morgan fingerprint density at radius 3 is 2.05 bits per heavy atom. The highest BCUT2D eigenvalue weighted by atomic mass is 19.4. The van der Waals surface area contributed by atoms with Crippen LogP contribution in [0, 0.1) is 17.8 Å². The Kier molecular flexibility index (Phi) is 5.38. The zero-order chi connectivity index (χ0) is 14.8. The Morgan fingerprint density at radius 1 is 0.900 bits per heavy atom. The predicted octanol–water partition coefficient (Wildman–Crippen LogP) is 4.91.